The monoisotopic (exact) mass is 422 g/mol. The van der Waals surface area contributed by atoms with E-state index in [0.29, 0.717) is 24.5 Å². The molecule has 0 spiro atoms. The molecule has 0 aromatic heterocycles. The van der Waals surface area contributed by atoms with Crippen molar-refractivity contribution >= 4 is 17.9 Å². The van der Waals surface area contributed by atoms with Gasteiger partial charge >= 0.3 is 12.0 Å². The SMILES string of the molecule is CC[C@@H](C)NC(=O)NC(=O)C[NH+]1CCc2cc(OC)c(OC)cc2[C@@H]1CC(=O)OC. The quantitative estimate of drug-likeness (QED) is 0.523. The Balaban J connectivity index is 2.22. The fourth-order valence-corrected chi connectivity index (χ4v) is 3.62. The number of amides is 3. The van der Waals surface area contributed by atoms with Crippen LogP contribution in [0.4, 0.5) is 4.79 Å². The summed E-state index contributed by atoms with van der Waals surface area (Å²) in [6.07, 6.45) is 1.58. The summed E-state index contributed by atoms with van der Waals surface area (Å²) in [5.74, 6) is 0.417. The molecule has 0 saturated heterocycles. The molecule has 3 N–H and O–H groups in total. The second-order valence-corrected chi connectivity index (χ2v) is 7.40. The van der Waals surface area contributed by atoms with Crippen molar-refractivity contribution in [2.24, 2.45) is 0 Å². The first kappa shape index (κ1) is 23.5. The average molecular weight is 423 g/mol. The van der Waals surface area contributed by atoms with Gasteiger partial charge in [-0.05, 0) is 31.0 Å². The second-order valence-electron chi connectivity index (χ2n) is 7.40. The number of quaternary nitrogens is 1. The van der Waals surface area contributed by atoms with Crippen LogP contribution in [0.1, 0.15) is 43.9 Å². The number of benzene rings is 1. The zero-order valence-electron chi connectivity index (χ0n) is 18.3. The summed E-state index contributed by atoms with van der Waals surface area (Å²) in [6, 6.07) is 2.93. The minimum atomic E-state index is -0.512. The van der Waals surface area contributed by atoms with Gasteiger partial charge in [0.25, 0.3) is 5.91 Å². The lowest BCUT2D eigenvalue weighted by Gasteiger charge is -2.34. The van der Waals surface area contributed by atoms with Crippen LogP contribution in [0.5, 0.6) is 11.5 Å². The third-order valence-electron chi connectivity index (χ3n) is 5.46. The van der Waals surface area contributed by atoms with Crippen LogP contribution in [0.15, 0.2) is 12.1 Å². The van der Waals surface area contributed by atoms with Gasteiger partial charge in [-0.1, -0.05) is 6.92 Å². The van der Waals surface area contributed by atoms with Crippen LogP contribution in [0.3, 0.4) is 0 Å². The number of carbonyl (C=O) groups excluding carboxylic acids is 3. The van der Waals surface area contributed by atoms with Crippen LogP contribution in [0.25, 0.3) is 0 Å². The standard InChI is InChI=1S/C21H31N3O6/c1-6-13(2)22-21(27)23-19(25)12-24-8-7-14-9-17(28-3)18(29-4)10-15(14)16(24)11-20(26)30-5/h9-10,13,16H,6-8,11-12H2,1-5H3,(H2,22,23,25,27)/p+1/t13-,16+/m1/s1. The van der Waals surface area contributed by atoms with E-state index in [1.54, 1.807) is 14.2 Å². The van der Waals surface area contributed by atoms with E-state index >= 15 is 0 Å². The van der Waals surface area contributed by atoms with Crippen molar-refractivity contribution in [3.63, 3.8) is 0 Å². The van der Waals surface area contributed by atoms with Gasteiger partial charge in [0.2, 0.25) is 0 Å². The molecule has 9 heteroatoms. The topological polar surface area (TPSA) is 107 Å². The lowest BCUT2D eigenvalue weighted by molar-refractivity contribution is -0.925. The normalized spacial score (nSPS) is 18.6. The van der Waals surface area contributed by atoms with Crippen molar-refractivity contribution in [3.05, 3.63) is 23.3 Å². The highest BCUT2D eigenvalue weighted by molar-refractivity contribution is 5.94. The molecule has 166 valence electrons. The third-order valence-corrected chi connectivity index (χ3v) is 5.46. The van der Waals surface area contributed by atoms with Gasteiger partial charge in [-0.2, -0.15) is 0 Å². The molecule has 1 aliphatic rings. The molecule has 0 fully saturated rings. The number of methoxy groups -OCH3 is 3. The number of imide groups is 1. The van der Waals surface area contributed by atoms with Gasteiger partial charge in [0, 0.05) is 18.0 Å². The molecule has 2 rings (SSSR count). The summed E-state index contributed by atoms with van der Waals surface area (Å²) in [5.41, 5.74) is 1.95. The number of hydrogen-bond donors (Lipinski definition) is 3. The van der Waals surface area contributed by atoms with Crippen LogP contribution >= 0.6 is 0 Å². The predicted octanol–water partition coefficient (Wildman–Crippen LogP) is 0.373. The highest BCUT2D eigenvalue weighted by Crippen LogP contribution is 2.35. The molecule has 3 amide bonds. The van der Waals surface area contributed by atoms with Crippen molar-refractivity contribution in [2.75, 3.05) is 34.4 Å². The summed E-state index contributed by atoms with van der Waals surface area (Å²) in [6.45, 7) is 4.50. The summed E-state index contributed by atoms with van der Waals surface area (Å²) < 4.78 is 15.7. The Morgan fingerprint density at radius 1 is 1.17 bits per heavy atom. The molecule has 9 nitrogen and oxygen atoms in total. The van der Waals surface area contributed by atoms with E-state index in [1.165, 1.54) is 7.11 Å². The number of carbonyl (C=O) groups is 3. The molecule has 0 saturated carbocycles. The van der Waals surface area contributed by atoms with E-state index in [4.69, 9.17) is 14.2 Å². The largest absolute Gasteiger partial charge is 0.493 e. The maximum absolute atomic E-state index is 12.5. The first-order valence-electron chi connectivity index (χ1n) is 10.1. The van der Waals surface area contributed by atoms with Gasteiger partial charge in [-0.15, -0.1) is 0 Å². The summed E-state index contributed by atoms with van der Waals surface area (Å²) in [5, 5.41) is 5.08. The first-order valence-corrected chi connectivity index (χ1v) is 10.1. The molecule has 30 heavy (non-hydrogen) atoms. The van der Waals surface area contributed by atoms with E-state index < -0.39 is 11.9 Å². The van der Waals surface area contributed by atoms with E-state index in [-0.39, 0.29) is 31.0 Å². The number of fused-ring (bicyclic) bond motifs is 1. The van der Waals surface area contributed by atoms with Crippen LogP contribution in [0.2, 0.25) is 0 Å². The fraction of sp³-hybridized carbons (Fsp3) is 0.571. The number of nitrogens with one attached hydrogen (secondary N) is 3. The van der Waals surface area contributed by atoms with Crippen molar-refractivity contribution in [3.8, 4) is 11.5 Å². The summed E-state index contributed by atoms with van der Waals surface area (Å²) in [4.78, 5) is 37.4. The van der Waals surface area contributed by atoms with Crippen molar-refractivity contribution in [2.45, 2.75) is 45.2 Å². The minimum absolute atomic E-state index is 0.0264. The molecule has 3 atom stereocenters. The van der Waals surface area contributed by atoms with E-state index in [2.05, 4.69) is 10.6 Å². The van der Waals surface area contributed by atoms with Crippen LogP contribution in [0, 0.1) is 0 Å². The molecule has 0 aliphatic carbocycles. The Kier molecular flexibility index (Phi) is 8.46. The number of ether oxygens (including phenoxy) is 3. The Bertz CT molecular complexity index is 782. The molecular formula is C21H32N3O6+. The van der Waals surface area contributed by atoms with Crippen molar-refractivity contribution in [1.82, 2.24) is 10.6 Å². The highest BCUT2D eigenvalue weighted by Gasteiger charge is 2.35. The van der Waals surface area contributed by atoms with Gasteiger partial charge in [-0.3, -0.25) is 14.9 Å². The maximum atomic E-state index is 12.5. The molecule has 1 heterocycles. The Labute approximate surface area is 177 Å². The average Bonchev–Trinajstić information content (AvgIpc) is 2.73. The summed E-state index contributed by atoms with van der Waals surface area (Å²) >= 11 is 0. The third kappa shape index (κ3) is 5.85. The molecule has 1 aromatic carbocycles. The number of hydrogen-bond acceptors (Lipinski definition) is 6. The van der Waals surface area contributed by atoms with Crippen LogP contribution < -0.4 is 25.0 Å². The zero-order valence-corrected chi connectivity index (χ0v) is 18.3. The molecule has 0 radical (unpaired) electrons. The summed E-state index contributed by atoms with van der Waals surface area (Å²) in [7, 11) is 4.47. The minimum Gasteiger partial charge on any atom is -0.493 e. The Morgan fingerprint density at radius 2 is 1.83 bits per heavy atom. The number of esters is 1. The highest BCUT2D eigenvalue weighted by atomic mass is 16.5. The van der Waals surface area contributed by atoms with Crippen molar-refractivity contribution in [1.29, 1.82) is 0 Å². The van der Waals surface area contributed by atoms with E-state index in [9.17, 15) is 14.4 Å². The smallest absolute Gasteiger partial charge is 0.321 e. The Hall–Kier alpha value is -2.81. The molecule has 0 bridgehead atoms. The molecule has 1 aromatic rings. The molecule has 1 aliphatic heterocycles. The lowest BCUT2D eigenvalue weighted by Crippen LogP contribution is -3.14. The second kappa shape index (κ2) is 10.8. The lowest BCUT2D eigenvalue weighted by atomic mass is 9.90. The number of urea groups is 1. The van der Waals surface area contributed by atoms with Gasteiger partial charge in [-0.25, -0.2) is 4.79 Å². The maximum Gasteiger partial charge on any atom is 0.321 e. The van der Waals surface area contributed by atoms with Gasteiger partial charge in [0.15, 0.2) is 18.0 Å². The first-order chi connectivity index (χ1) is 14.3. The van der Waals surface area contributed by atoms with Crippen LogP contribution in [-0.4, -0.2) is 58.4 Å². The van der Waals surface area contributed by atoms with Gasteiger partial charge in [0.1, 0.15) is 12.5 Å². The fourth-order valence-electron chi connectivity index (χ4n) is 3.62. The zero-order chi connectivity index (χ0) is 22.3. The molecule has 1 unspecified atom stereocenters. The van der Waals surface area contributed by atoms with Gasteiger partial charge < -0.3 is 24.4 Å². The Morgan fingerprint density at radius 3 is 2.43 bits per heavy atom. The molecular weight excluding hydrogens is 390 g/mol. The number of rotatable bonds is 8. The van der Waals surface area contributed by atoms with Crippen LogP contribution in [-0.2, 0) is 20.7 Å². The van der Waals surface area contributed by atoms with E-state index in [0.717, 1.165) is 22.4 Å². The predicted molar refractivity (Wildman–Crippen MR) is 110 cm³/mol. The van der Waals surface area contributed by atoms with Gasteiger partial charge in [0.05, 0.1) is 27.9 Å². The van der Waals surface area contributed by atoms with E-state index in [1.807, 2.05) is 26.0 Å². The van der Waals surface area contributed by atoms with Crippen molar-refractivity contribution < 1.29 is 33.5 Å².